The fourth-order valence-corrected chi connectivity index (χ4v) is 2.05. The van der Waals surface area contributed by atoms with Crippen molar-refractivity contribution < 1.29 is 9.90 Å². The van der Waals surface area contributed by atoms with Crippen molar-refractivity contribution in [3.63, 3.8) is 0 Å². The van der Waals surface area contributed by atoms with Crippen molar-refractivity contribution in [3.8, 4) is 10.7 Å². The largest absolute Gasteiger partial charge is 0.477 e. The smallest absolute Gasteiger partial charge is 0.342 e. The van der Waals surface area contributed by atoms with E-state index in [1.807, 2.05) is 19.1 Å². The van der Waals surface area contributed by atoms with Crippen molar-refractivity contribution >= 4 is 17.3 Å². The second-order valence-corrected chi connectivity index (χ2v) is 4.48. The fourth-order valence-electron chi connectivity index (χ4n) is 1.23. The van der Waals surface area contributed by atoms with Crippen molar-refractivity contribution in [2.75, 3.05) is 0 Å². The van der Waals surface area contributed by atoms with Gasteiger partial charge in [-0.2, -0.15) is 0 Å². The third-order valence-electron chi connectivity index (χ3n) is 2.00. The normalized spacial score (nSPS) is 10.3. The first kappa shape index (κ1) is 10.6. The van der Waals surface area contributed by atoms with Gasteiger partial charge in [-0.05, 0) is 19.1 Å². The molecule has 0 aromatic carbocycles. The Morgan fingerprint density at radius 3 is 2.75 bits per heavy atom. The highest BCUT2D eigenvalue weighted by molar-refractivity contribution is 7.15. The van der Waals surface area contributed by atoms with Crippen LogP contribution in [-0.4, -0.2) is 21.0 Å². The molecule has 0 aliphatic rings. The summed E-state index contributed by atoms with van der Waals surface area (Å²) >= 11 is 1.48. The van der Waals surface area contributed by atoms with Crippen molar-refractivity contribution in [3.05, 3.63) is 39.1 Å². The second kappa shape index (κ2) is 3.90. The molecule has 0 amide bonds. The number of nitrogens with zero attached hydrogens (tertiary/aromatic N) is 1. The van der Waals surface area contributed by atoms with E-state index < -0.39 is 11.5 Å². The summed E-state index contributed by atoms with van der Waals surface area (Å²) in [5, 5.41) is 8.67. The molecule has 0 spiro atoms. The van der Waals surface area contributed by atoms with E-state index in [9.17, 15) is 9.59 Å². The molecule has 0 saturated carbocycles. The number of aromatic nitrogens is 2. The Hall–Kier alpha value is -1.95. The van der Waals surface area contributed by atoms with Gasteiger partial charge in [0.15, 0.2) is 0 Å². The Bertz CT molecular complexity index is 600. The minimum atomic E-state index is -1.28. The molecule has 0 radical (unpaired) electrons. The third-order valence-corrected chi connectivity index (χ3v) is 3.01. The molecule has 0 aliphatic heterocycles. The lowest BCUT2D eigenvalue weighted by Gasteiger charge is -1.97. The van der Waals surface area contributed by atoms with E-state index >= 15 is 0 Å². The molecule has 0 bridgehead atoms. The van der Waals surface area contributed by atoms with Gasteiger partial charge < -0.3 is 10.1 Å². The number of aromatic carboxylic acids is 1. The molecule has 16 heavy (non-hydrogen) atoms. The van der Waals surface area contributed by atoms with Crippen LogP contribution in [0.2, 0.25) is 0 Å². The van der Waals surface area contributed by atoms with Crippen molar-refractivity contribution in [2.45, 2.75) is 6.92 Å². The van der Waals surface area contributed by atoms with Gasteiger partial charge in [-0.15, -0.1) is 11.3 Å². The molecule has 2 heterocycles. The Morgan fingerprint density at radius 2 is 2.25 bits per heavy atom. The summed E-state index contributed by atoms with van der Waals surface area (Å²) in [5.74, 6) is -0.879. The molecule has 0 aliphatic carbocycles. The highest BCUT2D eigenvalue weighted by atomic mass is 32.1. The van der Waals surface area contributed by atoms with Crippen LogP contribution in [0.3, 0.4) is 0 Å². The maximum atomic E-state index is 11.4. The minimum absolute atomic E-state index is 0.350. The summed E-state index contributed by atoms with van der Waals surface area (Å²) in [5.41, 5.74) is -0.986. The van der Waals surface area contributed by atoms with Gasteiger partial charge in [0, 0.05) is 11.1 Å². The molecular weight excluding hydrogens is 228 g/mol. The van der Waals surface area contributed by atoms with Gasteiger partial charge in [0.2, 0.25) is 0 Å². The average Bonchev–Trinajstić information content (AvgIpc) is 2.64. The number of hydrogen-bond acceptors (Lipinski definition) is 4. The number of rotatable bonds is 2. The van der Waals surface area contributed by atoms with Crippen molar-refractivity contribution in [2.24, 2.45) is 0 Å². The number of nitrogens with one attached hydrogen (secondary N) is 1. The van der Waals surface area contributed by atoms with Gasteiger partial charge in [-0.25, -0.2) is 9.78 Å². The molecule has 5 nitrogen and oxygen atoms in total. The first-order valence-corrected chi connectivity index (χ1v) is 5.29. The molecule has 2 aromatic rings. The lowest BCUT2D eigenvalue weighted by atomic mass is 10.3. The van der Waals surface area contributed by atoms with Crippen LogP contribution >= 0.6 is 11.3 Å². The maximum Gasteiger partial charge on any atom is 0.342 e. The lowest BCUT2D eigenvalue weighted by molar-refractivity contribution is 0.0694. The maximum absolute atomic E-state index is 11.4. The number of carboxylic acids is 1. The topological polar surface area (TPSA) is 83.0 Å². The van der Waals surface area contributed by atoms with Gasteiger partial charge in [0.25, 0.3) is 5.56 Å². The summed E-state index contributed by atoms with van der Waals surface area (Å²) in [4.78, 5) is 30.3. The Balaban J connectivity index is 2.50. The van der Waals surface area contributed by atoms with Crippen LogP contribution in [0.25, 0.3) is 10.7 Å². The van der Waals surface area contributed by atoms with Crippen LogP contribution in [-0.2, 0) is 0 Å². The molecular formula is C10H8N2O3S. The van der Waals surface area contributed by atoms with Crippen LogP contribution in [0.15, 0.2) is 23.1 Å². The zero-order valence-electron chi connectivity index (χ0n) is 8.35. The second-order valence-electron chi connectivity index (χ2n) is 3.19. The highest BCUT2D eigenvalue weighted by Crippen LogP contribution is 2.23. The number of carbonyl (C=O) groups is 1. The van der Waals surface area contributed by atoms with Gasteiger partial charge >= 0.3 is 5.97 Å². The van der Waals surface area contributed by atoms with E-state index in [2.05, 4.69) is 9.97 Å². The Morgan fingerprint density at radius 1 is 1.50 bits per heavy atom. The monoisotopic (exact) mass is 236 g/mol. The van der Waals surface area contributed by atoms with Crippen molar-refractivity contribution in [1.29, 1.82) is 0 Å². The Labute approximate surface area is 94.4 Å². The fraction of sp³-hybridized carbons (Fsp3) is 0.100. The molecule has 2 N–H and O–H groups in total. The van der Waals surface area contributed by atoms with E-state index in [1.54, 1.807) is 0 Å². The zero-order valence-corrected chi connectivity index (χ0v) is 9.17. The SMILES string of the molecule is Cc1ccc(-c2ncc(C(=O)O)c(=O)[nH]2)s1. The molecule has 82 valence electrons. The van der Waals surface area contributed by atoms with E-state index in [0.29, 0.717) is 5.82 Å². The number of H-pyrrole nitrogens is 1. The molecule has 2 rings (SSSR count). The van der Waals surface area contributed by atoms with E-state index in [1.165, 1.54) is 11.3 Å². The van der Waals surface area contributed by atoms with Crippen LogP contribution < -0.4 is 5.56 Å². The molecule has 0 unspecified atom stereocenters. The average molecular weight is 236 g/mol. The predicted octanol–water partition coefficient (Wildman–Crippen LogP) is 1.51. The van der Waals surface area contributed by atoms with Crippen LogP contribution in [0.5, 0.6) is 0 Å². The first-order valence-electron chi connectivity index (χ1n) is 4.47. The summed E-state index contributed by atoms with van der Waals surface area (Å²) in [6.07, 6.45) is 1.07. The molecule has 2 aromatic heterocycles. The highest BCUT2D eigenvalue weighted by Gasteiger charge is 2.11. The summed E-state index contributed by atoms with van der Waals surface area (Å²) in [6.45, 7) is 1.94. The van der Waals surface area contributed by atoms with Crippen LogP contribution in [0.4, 0.5) is 0 Å². The summed E-state index contributed by atoms with van der Waals surface area (Å²) < 4.78 is 0. The molecule has 6 heteroatoms. The number of aromatic amines is 1. The Kier molecular flexibility index (Phi) is 2.57. The van der Waals surface area contributed by atoms with Crippen molar-refractivity contribution in [1.82, 2.24) is 9.97 Å². The van der Waals surface area contributed by atoms with E-state index in [4.69, 9.17) is 5.11 Å². The lowest BCUT2D eigenvalue weighted by Crippen LogP contribution is -2.18. The first-order chi connectivity index (χ1) is 7.58. The molecule has 0 saturated heterocycles. The molecule has 0 atom stereocenters. The van der Waals surface area contributed by atoms with Gasteiger partial charge in [-0.3, -0.25) is 4.79 Å². The van der Waals surface area contributed by atoms with Gasteiger partial charge in [0.1, 0.15) is 11.4 Å². The quantitative estimate of drug-likeness (QED) is 0.827. The minimum Gasteiger partial charge on any atom is -0.477 e. The van der Waals surface area contributed by atoms with Crippen LogP contribution in [0.1, 0.15) is 15.2 Å². The number of hydrogen-bond donors (Lipinski definition) is 2. The summed E-state index contributed by atoms with van der Waals surface area (Å²) in [6, 6.07) is 3.74. The summed E-state index contributed by atoms with van der Waals surface area (Å²) in [7, 11) is 0. The number of thiophene rings is 1. The zero-order chi connectivity index (χ0) is 11.7. The van der Waals surface area contributed by atoms with E-state index in [0.717, 1.165) is 16.0 Å². The van der Waals surface area contributed by atoms with Gasteiger partial charge in [0.05, 0.1) is 4.88 Å². The molecule has 0 fully saturated rings. The predicted molar refractivity (Wildman–Crippen MR) is 59.9 cm³/mol. The third kappa shape index (κ3) is 1.87. The number of carboxylic acid groups (broad SMARTS) is 1. The van der Waals surface area contributed by atoms with Crippen LogP contribution in [0, 0.1) is 6.92 Å². The number of aryl methyl sites for hydroxylation is 1. The van der Waals surface area contributed by atoms with E-state index in [-0.39, 0.29) is 5.56 Å². The standard InChI is InChI=1S/C10H8N2O3S/c1-5-2-3-7(16-5)8-11-4-6(10(14)15)9(13)12-8/h2-4H,1H3,(H,14,15)(H,11,12,13). The van der Waals surface area contributed by atoms with Gasteiger partial charge in [-0.1, -0.05) is 0 Å².